The van der Waals surface area contributed by atoms with E-state index in [1.54, 1.807) is 29.5 Å². The average molecular weight is 454 g/mol. The number of thiazole rings is 1. The first-order valence-corrected chi connectivity index (χ1v) is 11.8. The number of ether oxygens (including phenoxy) is 3. The molecular formula is C24H27N3O4S. The number of rotatable bonds is 6. The van der Waals surface area contributed by atoms with Gasteiger partial charge in [-0.05, 0) is 61.7 Å². The van der Waals surface area contributed by atoms with Crippen LogP contribution in [0.15, 0.2) is 30.3 Å². The van der Waals surface area contributed by atoms with Crippen molar-refractivity contribution in [3.8, 4) is 11.5 Å². The predicted molar refractivity (Wildman–Crippen MR) is 125 cm³/mol. The van der Waals surface area contributed by atoms with Gasteiger partial charge in [0.15, 0.2) is 16.6 Å². The van der Waals surface area contributed by atoms with Gasteiger partial charge in [-0.25, -0.2) is 4.98 Å². The molecule has 0 aliphatic carbocycles. The van der Waals surface area contributed by atoms with Crippen LogP contribution in [0.3, 0.4) is 0 Å². The number of morpholine rings is 1. The average Bonchev–Trinajstić information content (AvgIpc) is 3.43. The fraction of sp³-hybridized carbons (Fsp3) is 0.417. The van der Waals surface area contributed by atoms with Crippen LogP contribution in [0.25, 0.3) is 10.2 Å². The standard InChI is InChI=1S/C24H27N3O4S/c1-16-12-19-22(13-17(16)2)32-24(25-19)27(7-3-6-26-8-10-29-11-9-26)23(28)18-4-5-20-21(14-18)31-15-30-20/h4-5,12-14H,3,6-11,15H2,1-2H3. The molecule has 1 saturated heterocycles. The van der Waals surface area contributed by atoms with Crippen molar-refractivity contribution in [3.63, 3.8) is 0 Å². The Kier molecular flexibility index (Phi) is 5.99. The predicted octanol–water partition coefficient (Wildman–Crippen LogP) is 4.01. The fourth-order valence-electron chi connectivity index (χ4n) is 4.03. The number of carbonyl (C=O) groups excluding carboxylic acids is 1. The van der Waals surface area contributed by atoms with Crippen LogP contribution in [0.2, 0.25) is 0 Å². The van der Waals surface area contributed by atoms with E-state index in [4.69, 9.17) is 19.2 Å². The maximum atomic E-state index is 13.6. The highest BCUT2D eigenvalue weighted by Gasteiger charge is 2.24. The third-order valence-corrected chi connectivity index (χ3v) is 7.09. The lowest BCUT2D eigenvalue weighted by Crippen LogP contribution is -2.39. The zero-order chi connectivity index (χ0) is 22.1. The molecule has 0 spiro atoms. The quantitative estimate of drug-likeness (QED) is 0.562. The number of carbonyl (C=O) groups is 1. The molecule has 168 valence electrons. The Labute approximate surface area is 191 Å². The van der Waals surface area contributed by atoms with E-state index in [2.05, 4.69) is 30.9 Å². The van der Waals surface area contributed by atoms with E-state index in [1.807, 2.05) is 4.90 Å². The van der Waals surface area contributed by atoms with Gasteiger partial charge in [0.25, 0.3) is 5.91 Å². The molecular weight excluding hydrogens is 426 g/mol. The van der Waals surface area contributed by atoms with E-state index in [1.165, 1.54) is 11.1 Å². The van der Waals surface area contributed by atoms with E-state index in [0.717, 1.165) is 54.6 Å². The topological polar surface area (TPSA) is 64.1 Å². The van der Waals surface area contributed by atoms with Gasteiger partial charge in [0.1, 0.15) is 0 Å². The molecule has 1 aromatic heterocycles. The van der Waals surface area contributed by atoms with Crippen molar-refractivity contribution in [1.82, 2.24) is 9.88 Å². The number of fused-ring (bicyclic) bond motifs is 2. The highest BCUT2D eigenvalue weighted by molar-refractivity contribution is 7.22. The molecule has 7 nitrogen and oxygen atoms in total. The summed E-state index contributed by atoms with van der Waals surface area (Å²) in [6.07, 6.45) is 0.865. The van der Waals surface area contributed by atoms with Crippen molar-refractivity contribution in [2.75, 3.05) is 51.1 Å². The zero-order valence-corrected chi connectivity index (χ0v) is 19.2. The molecule has 0 bridgehead atoms. The van der Waals surface area contributed by atoms with Gasteiger partial charge in [-0.1, -0.05) is 11.3 Å². The first-order valence-electron chi connectivity index (χ1n) is 11.0. The van der Waals surface area contributed by atoms with Gasteiger partial charge < -0.3 is 14.2 Å². The molecule has 0 atom stereocenters. The molecule has 5 rings (SSSR count). The Hall–Kier alpha value is -2.68. The molecule has 32 heavy (non-hydrogen) atoms. The highest BCUT2D eigenvalue weighted by atomic mass is 32.1. The molecule has 0 unspecified atom stereocenters. The number of hydrogen-bond acceptors (Lipinski definition) is 7. The smallest absolute Gasteiger partial charge is 0.260 e. The summed E-state index contributed by atoms with van der Waals surface area (Å²) in [7, 11) is 0. The number of benzene rings is 2. The second kappa shape index (κ2) is 9.05. The molecule has 2 aliphatic heterocycles. The first-order chi connectivity index (χ1) is 15.6. The van der Waals surface area contributed by atoms with E-state index in [9.17, 15) is 4.79 Å². The Balaban J connectivity index is 1.42. The number of aromatic nitrogens is 1. The summed E-state index contributed by atoms with van der Waals surface area (Å²) >= 11 is 1.57. The van der Waals surface area contributed by atoms with E-state index in [0.29, 0.717) is 23.6 Å². The van der Waals surface area contributed by atoms with Crippen LogP contribution in [0, 0.1) is 13.8 Å². The van der Waals surface area contributed by atoms with Crippen molar-refractivity contribution in [2.24, 2.45) is 0 Å². The van der Waals surface area contributed by atoms with Gasteiger partial charge in [0.05, 0.1) is 23.4 Å². The second-order valence-corrected chi connectivity index (χ2v) is 9.24. The second-order valence-electron chi connectivity index (χ2n) is 8.23. The van der Waals surface area contributed by atoms with Crippen molar-refractivity contribution >= 4 is 32.6 Å². The van der Waals surface area contributed by atoms with Crippen LogP contribution in [0.5, 0.6) is 11.5 Å². The third kappa shape index (κ3) is 4.30. The number of anilines is 1. The number of aryl methyl sites for hydroxylation is 2. The number of nitrogens with zero attached hydrogens (tertiary/aromatic N) is 3. The molecule has 3 heterocycles. The van der Waals surface area contributed by atoms with Crippen molar-refractivity contribution in [3.05, 3.63) is 47.0 Å². The Morgan fingerprint density at radius 2 is 1.88 bits per heavy atom. The minimum Gasteiger partial charge on any atom is -0.454 e. The Bertz CT molecular complexity index is 1100. The van der Waals surface area contributed by atoms with Crippen LogP contribution >= 0.6 is 11.3 Å². The number of amides is 1. The SMILES string of the molecule is Cc1cc2nc(N(CCCN3CCOCC3)C(=O)c3ccc4c(c3)OCO4)sc2cc1C. The molecule has 1 amide bonds. The zero-order valence-electron chi connectivity index (χ0n) is 18.4. The minimum absolute atomic E-state index is 0.0715. The monoisotopic (exact) mass is 453 g/mol. The van der Waals surface area contributed by atoms with Gasteiger partial charge in [-0.15, -0.1) is 0 Å². The van der Waals surface area contributed by atoms with Crippen molar-refractivity contribution in [1.29, 1.82) is 0 Å². The maximum Gasteiger partial charge on any atom is 0.260 e. The van der Waals surface area contributed by atoms with E-state index < -0.39 is 0 Å². The summed E-state index contributed by atoms with van der Waals surface area (Å²) in [5, 5.41) is 0.731. The molecule has 2 aliphatic rings. The molecule has 0 radical (unpaired) electrons. The van der Waals surface area contributed by atoms with Gasteiger partial charge in [0, 0.05) is 31.7 Å². The lowest BCUT2D eigenvalue weighted by molar-refractivity contribution is 0.0376. The van der Waals surface area contributed by atoms with Crippen LogP contribution in [-0.2, 0) is 4.74 Å². The third-order valence-electron chi connectivity index (χ3n) is 6.05. The summed E-state index contributed by atoms with van der Waals surface area (Å²) in [5.74, 6) is 1.21. The van der Waals surface area contributed by atoms with Crippen LogP contribution in [0.1, 0.15) is 27.9 Å². The molecule has 8 heteroatoms. The highest BCUT2D eigenvalue weighted by Crippen LogP contribution is 2.35. The molecule has 0 N–H and O–H groups in total. The van der Waals surface area contributed by atoms with Crippen LogP contribution < -0.4 is 14.4 Å². The van der Waals surface area contributed by atoms with Crippen LogP contribution in [0.4, 0.5) is 5.13 Å². The summed E-state index contributed by atoms with van der Waals surface area (Å²) in [5.41, 5.74) is 3.95. The van der Waals surface area contributed by atoms with Crippen molar-refractivity contribution in [2.45, 2.75) is 20.3 Å². The van der Waals surface area contributed by atoms with Gasteiger partial charge in [0.2, 0.25) is 6.79 Å². The van der Waals surface area contributed by atoms with Crippen molar-refractivity contribution < 1.29 is 19.0 Å². The van der Waals surface area contributed by atoms with E-state index >= 15 is 0 Å². The van der Waals surface area contributed by atoms with E-state index in [-0.39, 0.29) is 12.7 Å². The van der Waals surface area contributed by atoms with Crippen LogP contribution in [-0.4, -0.2) is 62.0 Å². The summed E-state index contributed by atoms with van der Waals surface area (Å²) in [6, 6.07) is 9.62. The summed E-state index contributed by atoms with van der Waals surface area (Å²) in [4.78, 5) is 22.6. The molecule has 3 aromatic rings. The van der Waals surface area contributed by atoms with Gasteiger partial charge >= 0.3 is 0 Å². The summed E-state index contributed by atoms with van der Waals surface area (Å²) < 4.78 is 17.4. The Morgan fingerprint density at radius 1 is 1.09 bits per heavy atom. The molecule has 1 fully saturated rings. The molecule has 0 saturated carbocycles. The summed E-state index contributed by atoms with van der Waals surface area (Å²) in [6.45, 7) is 9.34. The normalized spacial score (nSPS) is 15.9. The lowest BCUT2D eigenvalue weighted by atomic mass is 10.1. The van der Waals surface area contributed by atoms with Gasteiger partial charge in [-0.2, -0.15) is 0 Å². The molecule has 2 aromatic carbocycles. The maximum absolute atomic E-state index is 13.6. The lowest BCUT2D eigenvalue weighted by Gasteiger charge is -2.27. The van der Waals surface area contributed by atoms with Gasteiger partial charge in [-0.3, -0.25) is 14.6 Å². The minimum atomic E-state index is -0.0715. The largest absolute Gasteiger partial charge is 0.454 e. The fourth-order valence-corrected chi connectivity index (χ4v) is 5.10. The first kappa shape index (κ1) is 21.2. The number of hydrogen-bond donors (Lipinski definition) is 0. The Morgan fingerprint density at radius 3 is 2.72 bits per heavy atom.